The number of ether oxygens (including phenoxy) is 1. The second-order valence-electron chi connectivity index (χ2n) is 6.96. The minimum absolute atomic E-state index is 0.00860. The van der Waals surface area contributed by atoms with E-state index in [-0.39, 0.29) is 40.1 Å². The van der Waals surface area contributed by atoms with Gasteiger partial charge in [0.25, 0.3) is 11.8 Å². The molecule has 0 saturated carbocycles. The summed E-state index contributed by atoms with van der Waals surface area (Å²) < 4.78 is 5.31. The molecule has 0 atom stereocenters. The van der Waals surface area contributed by atoms with Gasteiger partial charge in [-0.2, -0.15) is 0 Å². The van der Waals surface area contributed by atoms with E-state index in [1.54, 1.807) is 18.2 Å². The Morgan fingerprint density at radius 1 is 0.970 bits per heavy atom. The Kier molecular flexibility index (Phi) is 10.3. The third-order valence-corrected chi connectivity index (χ3v) is 4.60. The molecule has 0 spiro atoms. The molecule has 0 aromatic heterocycles. The highest BCUT2D eigenvalue weighted by Crippen LogP contribution is 2.35. The molecule has 1 aromatic carbocycles. The zero-order chi connectivity index (χ0) is 25.3. The fourth-order valence-corrected chi connectivity index (χ4v) is 3.34. The molecule has 1 heterocycles. The molecule has 1 aliphatic heterocycles. The van der Waals surface area contributed by atoms with E-state index in [2.05, 4.69) is 23.4 Å². The fraction of sp³-hybridized carbons (Fsp3) is 0.346. The number of azo groups is 1. The molecule has 3 rings (SSSR count). The minimum Gasteiger partial charge on any atom is -0.494 e. The van der Waals surface area contributed by atoms with E-state index >= 15 is 0 Å². The number of allylic oxidation sites excluding steroid dienone is 3. The molecule has 176 valence electrons. The molecule has 2 aliphatic rings. The molecule has 1 aliphatic carbocycles. The van der Waals surface area contributed by atoms with Gasteiger partial charge in [-0.3, -0.25) is 19.3 Å². The average Bonchev–Trinajstić information content (AvgIpc) is 3.24. The van der Waals surface area contributed by atoms with Crippen molar-refractivity contribution in [3.05, 3.63) is 77.2 Å². The van der Waals surface area contributed by atoms with E-state index < -0.39 is 11.7 Å². The number of ketones is 1. The Hall–Kier alpha value is -3.61. The van der Waals surface area contributed by atoms with Crippen LogP contribution in [0.5, 0.6) is 0 Å². The quantitative estimate of drug-likeness (QED) is 0.365. The molecule has 0 radical (unpaired) electrons. The van der Waals surface area contributed by atoms with E-state index in [9.17, 15) is 14.4 Å². The molecule has 7 nitrogen and oxygen atoms in total. The van der Waals surface area contributed by atoms with Crippen LogP contribution in [-0.4, -0.2) is 36.2 Å². The van der Waals surface area contributed by atoms with Crippen molar-refractivity contribution in [2.24, 2.45) is 16.1 Å². The number of amides is 2. The number of carbonyl (C=O) groups excluding carboxylic acids is 3. The number of nitrogens with zero attached hydrogens (tertiary/aromatic N) is 3. The number of imide groups is 1. The Morgan fingerprint density at radius 2 is 1.58 bits per heavy atom. The van der Waals surface area contributed by atoms with Crippen molar-refractivity contribution in [2.75, 3.05) is 13.7 Å². The monoisotopic (exact) mass is 451 g/mol. The summed E-state index contributed by atoms with van der Waals surface area (Å²) in [4.78, 5) is 39.2. The topological polar surface area (TPSA) is 88.4 Å². The first-order valence-electron chi connectivity index (χ1n) is 11.1. The second kappa shape index (κ2) is 12.4. The lowest BCUT2D eigenvalue weighted by Gasteiger charge is -2.15. The van der Waals surface area contributed by atoms with Crippen LogP contribution < -0.4 is 0 Å². The van der Waals surface area contributed by atoms with Crippen LogP contribution in [0.4, 0.5) is 5.69 Å². The molecule has 2 amide bonds. The number of methoxy groups -OCH3 is 1. The summed E-state index contributed by atoms with van der Waals surface area (Å²) in [6.07, 6.45) is 2.90. The molecule has 0 unspecified atom stereocenters. The zero-order valence-electron chi connectivity index (χ0n) is 20.6. The van der Waals surface area contributed by atoms with Crippen molar-refractivity contribution in [2.45, 2.75) is 41.5 Å². The fourth-order valence-electron chi connectivity index (χ4n) is 3.34. The van der Waals surface area contributed by atoms with Gasteiger partial charge >= 0.3 is 0 Å². The van der Waals surface area contributed by atoms with Crippen LogP contribution in [0.15, 0.2) is 76.3 Å². The number of benzene rings is 1. The summed E-state index contributed by atoms with van der Waals surface area (Å²) in [5.41, 5.74) is 1.48. The van der Waals surface area contributed by atoms with E-state index in [0.29, 0.717) is 17.7 Å². The first-order chi connectivity index (χ1) is 15.8. The van der Waals surface area contributed by atoms with E-state index in [1.807, 2.05) is 41.5 Å². The van der Waals surface area contributed by atoms with Crippen molar-refractivity contribution >= 4 is 23.3 Å². The Morgan fingerprint density at radius 3 is 2.09 bits per heavy atom. The lowest BCUT2D eigenvalue weighted by atomic mass is 10.1. The summed E-state index contributed by atoms with van der Waals surface area (Å²) in [6, 6.07) is 4.79. The lowest BCUT2D eigenvalue weighted by Crippen LogP contribution is -2.33. The van der Waals surface area contributed by atoms with Crippen molar-refractivity contribution < 1.29 is 19.1 Å². The number of fused-ring (bicyclic) bond motifs is 1. The van der Waals surface area contributed by atoms with Crippen LogP contribution in [0.25, 0.3) is 0 Å². The number of rotatable bonds is 7. The molecule has 0 fully saturated rings. The maximum absolute atomic E-state index is 12.8. The molecule has 0 N–H and O–H groups in total. The summed E-state index contributed by atoms with van der Waals surface area (Å²) in [5.74, 6) is -0.793. The first-order valence-corrected chi connectivity index (χ1v) is 11.1. The molecule has 33 heavy (non-hydrogen) atoms. The number of hydrogen-bond donors (Lipinski definition) is 0. The average molecular weight is 452 g/mol. The Bertz CT molecular complexity index is 1050. The van der Waals surface area contributed by atoms with Gasteiger partial charge in [0.05, 0.1) is 23.9 Å². The maximum Gasteiger partial charge on any atom is 0.263 e. The van der Waals surface area contributed by atoms with Crippen LogP contribution in [-0.2, 0) is 9.53 Å². The largest absolute Gasteiger partial charge is 0.494 e. The van der Waals surface area contributed by atoms with Crippen molar-refractivity contribution in [1.29, 1.82) is 0 Å². The highest BCUT2D eigenvalue weighted by molar-refractivity contribution is 6.23. The van der Waals surface area contributed by atoms with Gasteiger partial charge in [0, 0.05) is 17.7 Å². The normalized spacial score (nSPS) is 14.9. The van der Waals surface area contributed by atoms with Gasteiger partial charge in [0.1, 0.15) is 0 Å². The van der Waals surface area contributed by atoms with Crippen LogP contribution in [0.1, 0.15) is 62.3 Å². The lowest BCUT2D eigenvalue weighted by molar-refractivity contribution is -0.111. The van der Waals surface area contributed by atoms with E-state index in [1.165, 1.54) is 24.2 Å². The van der Waals surface area contributed by atoms with Gasteiger partial charge in [0.15, 0.2) is 11.5 Å². The molecule has 7 heteroatoms. The van der Waals surface area contributed by atoms with Gasteiger partial charge in [-0.05, 0) is 18.1 Å². The second-order valence-corrected chi connectivity index (χ2v) is 6.96. The van der Waals surface area contributed by atoms with E-state index in [4.69, 9.17) is 4.74 Å². The highest BCUT2D eigenvalue weighted by atomic mass is 16.5. The molecular formula is C26H33N3O4. The number of Topliss-reactive ketones (excluding diaryl/α,β-unsaturated/α-hetero) is 1. The molecule has 1 aromatic rings. The summed E-state index contributed by atoms with van der Waals surface area (Å²) >= 11 is 0. The zero-order valence-corrected chi connectivity index (χ0v) is 20.6. The predicted octanol–water partition coefficient (Wildman–Crippen LogP) is 6.18. The summed E-state index contributed by atoms with van der Waals surface area (Å²) in [7, 11) is 1.42. The van der Waals surface area contributed by atoms with Gasteiger partial charge in [0.2, 0.25) is 5.78 Å². The maximum atomic E-state index is 12.8. The van der Waals surface area contributed by atoms with Crippen LogP contribution >= 0.6 is 0 Å². The predicted molar refractivity (Wildman–Crippen MR) is 130 cm³/mol. The van der Waals surface area contributed by atoms with Crippen LogP contribution in [0.2, 0.25) is 0 Å². The van der Waals surface area contributed by atoms with E-state index in [0.717, 1.165) is 0 Å². The number of carbonyl (C=O) groups is 3. The molecule has 0 saturated heterocycles. The Labute approximate surface area is 196 Å². The third kappa shape index (κ3) is 5.25. The van der Waals surface area contributed by atoms with Crippen LogP contribution in [0, 0.1) is 5.92 Å². The van der Waals surface area contributed by atoms with Gasteiger partial charge in [-0.1, -0.05) is 72.9 Å². The van der Waals surface area contributed by atoms with Gasteiger partial charge < -0.3 is 4.74 Å². The van der Waals surface area contributed by atoms with Crippen molar-refractivity contribution in [3.8, 4) is 0 Å². The van der Waals surface area contributed by atoms with Crippen molar-refractivity contribution in [1.82, 2.24) is 4.90 Å². The smallest absolute Gasteiger partial charge is 0.263 e. The standard InChI is InChI=1S/C22H21N3O4.2C2H6/c1-6-13-14(7-2)20(29-5)18(19(13)26)24-23-16-10-8-9-15-17(16)22(28)25(21(15)27)11-12(3)4;2*1-2/h6-10,12H,1-2,11H2,3-5H3;2*1-2H3. The number of hydrogen-bond acceptors (Lipinski definition) is 6. The van der Waals surface area contributed by atoms with Gasteiger partial charge in [-0.25, -0.2) is 0 Å². The highest BCUT2D eigenvalue weighted by Gasteiger charge is 2.38. The van der Waals surface area contributed by atoms with Gasteiger partial charge in [-0.15, -0.1) is 10.2 Å². The first kappa shape index (κ1) is 27.4. The third-order valence-electron chi connectivity index (χ3n) is 4.60. The molecular weight excluding hydrogens is 418 g/mol. The minimum atomic E-state index is -0.413. The van der Waals surface area contributed by atoms with Crippen LogP contribution in [0.3, 0.4) is 0 Å². The summed E-state index contributed by atoms with van der Waals surface area (Å²) in [6.45, 7) is 19.5. The van der Waals surface area contributed by atoms with Crippen molar-refractivity contribution in [3.63, 3.8) is 0 Å². The summed E-state index contributed by atoms with van der Waals surface area (Å²) in [5, 5.41) is 8.17. The SMILES string of the molecule is C=CC1=C(C=C)C(OC)=C(N=Nc2cccc3c2C(=O)N(CC(C)C)C3=O)C1=O.CC.CC. The Balaban J connectivity index is 0.00000129. The molecule has 0 bridgehead atoms.